The van der Waals surface area contributed by atoms with Crippen LogP contribution in [0.4, 0.5) is 0 Å². The minimum Gasteiger partial charge on any atom is -0.482 e. The van der Waals surface area contributed by atoms with Crippen molar-refractivity contribution in [1.29, 1.82) is 0 Å². The van der Waals surface area contributed by atoms with Crippen LogP contribution < -0.4 is 14.8 Å². The van der Waals surface area contributed by atoms with Gasteiger partial charge in [0.25, 0.3) is 0 Å². The Balaban J connectivity index is 1.61. The molecular weight excluding hydrogens is 419 g/mol. The van der Waals surface area contributed by atoms with Gasteiger partial charge in [-0.05, 0) is 52.4 Å². The lowest BCUT2D eigenvalue weighted by molar-refractivity contribution is -0.172. The summed E-state index contributed by atoms with van der Waals surface area (Å²) in [7, 11) is 0. The van der Waals surface area contributed by atoms with Crippen LogP contribution in [0.1, 0.15) is 5.56 Å². The molecule has 0 saturated heterocycles. The summed E-state index contributed by atoms with van der Waals surface area (Å²) in [6.45, 7) is 2.19. The van der Waals surface area contributed by atoms with Crippen molar-refractivity contribution in [3.8, 4) is 11.5 Å². The number of hydrogen-bond acceptors (Lipinski definition) is 5. The quantitative estimate of drug-likeness (QED) is 0.750. The molecule has 0 aliphatic carbocycles. The minimum absolute atomic E-state index is 0.264. The number of aliphatic imine (C=N–C) groups is 1. The molecule has 2 heterocycles. The number of nitrogens with one attached hydrogen (secondary N) is 1. The van der Waals surface area contributed by atoms with E-state index in [0.717, 1.165) is 17.9 Å². The third kappa shape index (κ3) is 3.08. The summed E-state index contributed by atoms with van der Waals surface area (Å²) in [6.07, 6.45) is 0. The van der Waals surface area contributed by atoms with Crippen LogP contribution in [-0.4, -0.2) is 31.3 Å². The highest BCUT2D eigenvalue weighted by molar-refractivity contribution is 14.1. The fourth-order valence-electron chi connectivity index (χ4n) is 2.77. The fourth-order valence-corrected chi connectivity index (χ4v) is 3.38. The molecule has 2 aromatic rings. The lowest BCUT2D eigenvalue weighted by atomic mass is 10.2. The maximum atomic E-state index is 6.21. The standard InChI is InChI=1S/C18H17IN2O3/c19-14-5-3-4-13(10-14)11-23-18(17-20-8-9-21-17)12-22-15-6-1-2-7-16(15)24-18/h1-7,10H,8-9,11-12H2,(H,20,21). The Labute approximate surface area is 154 Å². The first-order chi connectivity index (χ1) is 11.8. The summed E-state index contributed by atoms with van der Waals surface area (Å²) < 4.78 is 19.5. The number of benzene rings is 2. The minimum atomic E-state index is -1.04. The predicted molar refractivity (Wildman–Crippen MR) is 99.5 cm³/mol. The van der Waals surface area contributed by atoms with Gasteiger partial charge < -0.3 is 19.5 Å². The zero-order valence-corrected chi connectivity index (χ0v) is 15.2. The zero-order chi connectivity index (χ0) is 16.4. The molecule has 0 bridgehead atoms. The van der Waals surface area contributed by atoms with Gasteiger partial charge in [0, 0.05) is 10.1 Å². The average molecular weight is 436 g/mol. The number of para-hydroxylation sites is 2. The first-order valence-electron chi connectivity index (χ1n) is 7.83. The number of ether oxygens (including phenoxy) is 3. The molecule has 0 saturated carbocycles. The molecule has 0 spiro atoms. The molecule has 1 atom stereocenters. The van der Waals surface area contributed by atoms with Gasteiger partial charge in [-0.15, -0.1) is 0 Å². The second kappa shape index (κ2) is 6.60. The van der Waals surface area contributed by atoms with E-state index >= 15 is 0 Å². The van der Waals surface area contributed by atoms with Gasteiger partial charge in [0.05, 0.1) is 13.2 Å². The van der Waals surface area contributed by atoms with Crippen molar-refractivity contribution in [2.24, 2.45) is 4.99 Å². The molecule has 2 aromatic carbocycles. The second-order valence-corrected chi connectivity index (χ2v) is 6.91. The Kier molecular flexibility index (Phi) is 4.32. The average Bonchev–Trinajstić information content (AvgIpc) is 3.15. The van der Waals surface area contributed by atoms with E-state index in [4.69, 9.17) is 14.2 Å². The molecule has 0 radical (unpaired) electrons. The van der Waals surface area contributed by atoms with Gasteiger partial charge >= 0.3 is 5.79 Å². The van der Waals surface area contributed by atoms with Gasteiger partial charge in [0.2, 0.25) is 0 Å². The predicted octanol–water partition coefficient (Wildman–Crippen LogP) is 2.98. The topological polar surface area (TPSA) is 52.1 Å². The van der Waals surface area contributed by atoms with Crippen LogP contribution >= 0.6 is 22.6 Å². The van der Waals surface area contributed by atoms with Crippen LogP contribution in [0, 0.1) is 3.57 Å². The van der Waals surface area contributed by atoms with Crippen molar-refractivity contribution in [1.82, 2.24) is 5.32 Å². The molecule has 0 amide bonds. The fraction of sp³-hybridized carbons (Fsp3) is 0.278. The van der Waals surface area contributed by atoms with E-state index in [0.29, 0.717) is 24.7 Å². The highest BCUT2D eigenvalue weighted by atomic mass is 127. The van der Waals surface area contributed by atoms with Crippen molar-refractivity contribution in [3.63, 3.8) is 0 Å². The first kappa shape index (κ1) is 15.7. The summed E-state index contributed by atoms with van der Waals surface area (Å²) in [6, 6.07) is 15.8. The lowest BCUT2D eigenvalue weighted by Crippen LogP contribution is -2.57. The van der Waals surface area contributed by atoms with Crippen molar-refractivity contribution in [2.45, 2.75) is 12.4 Å². The lowest BCUT2D eigenvalue weighted by Gasteiger charge is -2.37. The van der Waals surface area contributed by atoms with Gasteiger partial charge in [-0.3, -0.25) is 4.99 Å². The number of fused-ring (bicyclic) bond motifs is 1. The molecule has 1 N–H and O–H groups in total. The molecule has 2 aliphatic heterocycles. The highest BCUT2D eigenvalue weighted by Gasteiger charge is 2.45. The van der Waals surface area contributed by atoms with Crippen LogP contribution in [0.25, 0.3) is 0 Å². The molecule has 0 aromatic heterocycles. The maximum absolute atomic E-state index is 6.21. The Morgan fingerprint density at radius 1 is 1.17 bits per heavy atom. The normalized spacial score (nSPS) is 22.0. The highest BCUT2D eigenvalue weighted by Crippen LogP contribution is 2.36. The summed E-state index contributed by atoms with van der Waals surface area (Å²) in [5.74, 6) is 1.06. The molecular formula is C18H17IN2O3. The van der Waals surface area contributed by atoms with E-state index in [-0.39, 0.29) is 6.61 Å². The van der Waals surface area contributed by atoms with E-state index in [9.17, 15) is 0 Å². The monoisotopic (exact) mass is 436 g/mol. The summed E-state index contributed by atoms with van der Waals surface area (Å²) >= 11 is 2.29. The van der Waals surface area contributed by atoms with Crippen molar-refractivity contribution >= 4 is 28.4 Å². The molecule has 4 rings (SSSR count). The number of hydrogen-bond donors (Lipinski definition) is 1. The SMILES string of the molecule is Ic1cccc(COC2(C3=NCCN3)COc3ccccc3O2)c1. The van der Waals surface area contributed by atoms with E-state index in [1.54, 1.807) is 0 Å². The van der Waals surface area contributed by atoms with Crippen LogP contribution in [0.3, 0.4) is 0 Å². The summed E-state index contributed by atoms with van der Waals surface area (Å²) in [4.78, 5) is 4.51. The van der Waals surface area contributed by atoms with Crippen molar-refractivity contribution in [2.75, 3.05) is 19.7 Å². The molecule has 1 unspecified atom stereocenters. The summed E-state index contributed by atoms with van der Waals surface area (Å²) in [5, 5.41) is 3.26. The van der Waals surface area contributed by atoms with E-state index < -0.39 is 5.79 Å². The van der Waals surface area contributed by atoms with E-state index in [1.165, 1.54) is 3.57 Å². The number of rotatable bonds is 4. The van der Waals surface area contributed by atoms with Crippen LogP contribution in [0.2, 0.25) is 0 Å². The van der Waals surface area contributed by atoms with Gasteiger partial charge in [-0.25, -0.2) is 0 Å². The maximum Gasteiger partial charge on any atom is 0.304 e. The number of halogens is 1. The number of nitrogens with zero attached hydrogens (tertiary/aromatic N) is 1. The smallest absolute Gasteiger partial charge is 0.304 e. The Bertz CT molecular complexity index is 780. The molecule has 124 valence electrons. The second-order valence-electron chi connectivity index (χ2n) is 5.67. The molecule has 0 fully saturated rings. The Morgan fingerprint density at radius 3 is 2.83 bits per heavy atom. The van der Waals surface area contributed by atoms with E-state index in [1.807, 2.05) is 36.4 Å². The molecule has 24 heavy (non-hydrogen) atoms. The first-order valence-corrected chi connectivity index (χ1v) is 8.91. The summed E-state index contributed by atoms with van der Waals surface area (Å²) in [5.41, 5.74) is 1.09. The van der Waals surface area contributed by atoms with E-state index in [2.05, 4.69) is 45.0 Å². The Morgan fingerprint density at radius 2 is 2.04 bits per heavy atom. The van der Waals surface area contributed by atoms with Crippen LogP contribution in [-0.2, 0) is 11.3 Å². The van der Waals surface area contributed by atoms with Gasteiger partial charge in [-0.1, -0.05) is 24.3 Å². The largest absolute Gasteiger partial charge is 0.482 e. The third-order valence-corrected chi connectivity index (χ3v) is 4.61. The molecule has 6 heteroatoms. The number of amidine groups is 1. The van der Waals surface area contributed by atoms with Crippen LogP contribution in [0.15, 0.2) is 53.5 Å². The zero-order valence-electron chi connectivity index (χ0n) is 13.0. The van der Waals surface area contributed by atoms with Gasteiger partial charge in [0.1, 0.15) is 0 Å². The molecule has 2 aliphatic rings. The van der Waals surface area contributed by atoms with Crippen molar-refractivity contribution < 1.29 is 14.2 Å². The molecule has 5 nitrogen and oxygen atoms in total. The van der Waals surface area contributed by atoms with Crippen molar-refractivity contribution in [3.05, 3.63) is 57.7 Å². The van der Waals surface area contributed by atoms with Crippen LogP contribution in [0.5, 0.6) is 11.5 Å². The Hall–Kier alpha value is -1.80. The van der Waals surface area contributed by atoms with Gasteiger partial charge in [0.15, 0.2) is 23.9 Å². The third-order valence-electron chi connectivity index (χ3n) is 3.94. The van der Waals surface area contributed by atoms with Gasteiger partial charge in [-0.2, -0.15) is 0 Å².